The molecule has 0 saturated carbocycles. The second-order valence-corrected chi connectivity index (χ2v) is 12.1. The number of aryl methyl sites for hydroxylation is 1. The molecule has 2 aromatic carbocycles. The fourth-order valence-electron chi connectivity index (χ4n) is 3.19. The van der Waals surface area contributed by atoms with Crippen molar-refractivity contribution in [2.75, 3.05) is 0 Å². The zero-order valence-electron chi connectivity index (χ0n) is 19.5. The van der Waals surface area contributed by atoms with Crippen LogP contribution in [-0.4, -0.2) is 30.9 Å². The largest absolute Gasteiger partial charge is 0.350 e. The molecule has 0 aliphatic carbocycles. The number of hydrogen-bond acceptors (Lipinski definition) is 4. The van der Waals surface area contributed by atoms with E-state index >= 15 is 0 Å². The third-order valence-corrected chi connectivity index (χ3v) is 7.82. The molecular weight excluding hydrogens is 410 g/mol. The zero-order chi connectivity index (χ0) is 23.6. The van der Waals surface area contributed by atoms with Crippen LogP contribution in [0.1, 0.15) is 77.6 Å². The number of nitrogens with one attached hydrogen (secondary N) is 1. The molecule has 0 aliphatic rings. The molecule has 0 spiro atoms. The fraction of sp³-hybridized carbons (Fsp3) is 0.440. The molecule has 0 atom stereocenters. The van der Waals surface area contributed by atoms with E-state index in [-0.39, 0.29) is 29.9 Å². The molecule has 1 N–H and O–H groups in total. The SMILES string of the molecule is Cc1cc(CC(=O)c2ccc(CS(=O)(=O)C(C)(C)C)cc2)c(C)c(C(=O)NC(C)C)c1. The molecule has 2 rings (SSSR count). The van der Waals surface area contributed by atoms with Gasteiger partial charge in [-0.1, -0.05) is 35.9 Å². The lowest BCUT2D eigenvalue weighted by Gasteiger charge is -2.19. The van der Waals surface area contributed by atoms with Crippen LogP contribution in [-0.2, 0) is 22.0 Å². The van der Waals surface area contributed by atoms with Crippen molar-refractivity contribution in [1.82, 2.24) is 5.32 Å². The Morgan fingerprint density at radius 1 is 1.00 bits per heavy atom. The van der Waals surface area contributed by atoms with E-state index in [1.165, 1.54) is 0 Å². The lowest BCUT2D eigenvalue weighted by atomic mass is 9.93. The molecular formula is C25H33NO4S. The highest BCUT2D eigenvalue weighted by Crippen LogP contribution is 2.22. The summed E-state index contributed by atoms with van der Waals surface area (Å²) in [5.41, 5.74) is 4.30. The minimum atomic E-state index is -3.29. The Hall–Kier alpha value is -2.47. The van der Waals surface area contributed by atoms with Crippen molar-refractivity contribution in [2.45, 2.75) is 71.4 Å². The Labute approximate surface area is 186 Å². The maximum Gasteiger partial charge on any atom is 0.251 e. The summed E-state index contributed by atoms with van der Waals surface area (Å²) >= 11 is 0. The van der Waals surface area contributed by atoms with Crippen LogP contribution >= 0.6 is 0 Å². The van der Waals surface area contributed by atoms with Gasteiger partial charge in [-0.3, -0.25) is 9.59 Å². The van der Waals surface area contributed by atoms with Gasteiger partial charge in [0.25, 0.3) is 5.91 Å². The molecule has 0 unspecified atom stereocenters. The van der Waals surface area contributed by atoms with Gasteiger partial charge in [-0.15, -0.1) is 0 Å². The third kappa shape index (κ3) is 6.26. The number of sulfone groups is 1. The van der Waals surface area contributed by atoms with E-state index in [0.29, 0.717) is 16.7 Å². The van der Waals surface area contributed by atoms with Gasteiger partial charge in [0.1, 0.15) is 0 Å². The first-order chi connectivity index (χ1) is 14.2. The Kier molecular flexibility index (Phi) is 7.48. The highest BCUT2D eigenvalue weighted by molar-refractivity contribution is 7.91. The van der Waals surface area contributed by atoms with Crippen molar-refractivity contribution >= 4 is 21.5 Å². The lowest BCUT2D eigenvalue weighted by Crippen LogP contribution is -2.31. The number of hydrogen-bond donors (Lipinski definition) is 1. The Morgan fingerprint density at radius 3 is 2.10 bits per heavy atom. The number of amides is 1. The second-order valence-electron chi connectivity index (χ2n) is 9.39. The van der Waals surface area contributed by atoms with E-state index in [2.05, 4.69) is 5.32 Å². The summed E-state index contributed by atoms with van der Waals surface area (Å²) in [6.45, 7) is 12.6. The van der Waals surface area contributed by atoms with E-state index in [4.69, 9.17) is 0 Å². The third-order valence-electron chi connectivity index (χ3n) is 5.24. The highest BCUT2D eigenvalue weighted by Gasteiger charge is 2.29. The molecule has 1 amide bonds. The number of benzene rings is 2. The molecule has 6 heteroatoms. The van der Waals surface area contributed by atoms with Crippen molar-refractivity contribution in [1.29, 1.82) is 0 Å². The highest BCUT2D eigenvalue weighted by atomic mass is 32.2. The topological polar surface area (TPSA) is 80.3 Å². The molecule has 0 fully saturated rings. The monoisotopic (exact) mass is 443 g/mol. The van der Waals surface area contributed by atoms with Crippen LogP contribution in [0.2, 0.25) is 0 Å². The maximum atomic E-state index is 12.9. The minimum absolute atomic E-state index is 0.0260. The van der Waals surface area contributed by atoms with Gasteiger partial charge in [-0.05, 0) is 71.2 Å². The number of carbonyl (C=O) groups excluding carboxylic acids is 2. The van der Waals surface area contributed by atoms with Crippen molar-refractivity contribution in [3.8, 4) is 0 Å². The van der Waals surface area contributed by atoms with Crippen LogP contribution in [0.15, 0.2) is 36.4 Å². The average molecular weight is 444 g/mol. The Morgan fingerprint density at radius 2 is 1.58 bits per heavy atom. The van der Waals surface area contributed by atoms with Crippen LogP contribution in [0.5, 0.6) is 0 Å². The minimum Gasteiger partial charge on any atom is -0.350 e. The van der Waals surface area contributed by atoms with Gasteiger partial charge in [-0.25, -0.2) is 8.42 Å². The molecule has 31 heavy (non-hydrogen) atoms. The number of carbonyl (C=O) groups is 2. The quantitative estimate of drug-likeness (QED) is 0.635. The van der Waals surface area contributed by atoms with Crippen molar-refractivity contribution < 1.29 is 18.0 Å². The fourth-order valence-corrected chi connectivity index (χ4v) is 4.26. The molecule has 0 radical (unpaired) electrons. The standard InChI is InChI=1S/C25H33NO4S/c1-16(2)26-24(28)22-13-17(3)12-21(18(22)4)14-23(27)20-10-8-19(9-11-20)15-31(29,30)25(5,6)7/h8-13,16H,14-15H2,1-7H3,(H,26,28). The molecule has 2 aromatic rings. The lowest BCUT2D eigenvalue weighted by molar-refractivity contribution is 0.0939. The van der Waals surface area contributed by atoms with Gasteiger partial charge in [0.2, 0.25) is 0 Å². The van der Waals surface area contributed by atoms with E-state index < -0.39 is 14.6 Å². The molecule has 0 aromatic heterocycles. The zero-order valence-corrected chi connectivity index (χ0v) is 20.3. The summed E-state index contributed by atoms with van der Waals surface area (Å²) in [7, 11) is -3.29. The van der Waals surface area contributed by atoms with Gasteiger partial charge in [-0.2, -0.15) is 0 Å². The molecule has 0 saturated heterocycles. The summed E-state index contributed by atoms with van der Waals surface area (Å²) in [5.74, 6) is -0.278. The molecule has 5 nitrogen and oxygen atoms in total. The Balaban J connectivity index is 2.22. The average Bonchev–Trinajstić information content (AvgIpc) is 2.63. The number of ketones is 1. The first-order valence-corrected chi connectivity index (χ1v) is 12.1. The van der Waals surface area contributed by atoms with E-state index in [0.717, 1.165) is 16.7 Å². The van der Waals surface area contributed by atoms with Crippen molar-refractivity contribution in [3.05, 3.63) is 69.8 Å². The van der Waals surface area contributed by atoms with Crippen LogP contribution in [0.3, 0.4) is 0 Å². The smallest absolute Gasteiger partial charge is 0.251 e. The van der Waals surface area contributed by atoms with Gasteiger partial charge in [0.05, 0.1) is 10.5 Å². The van der Waals surface area contributed by atoms with Gasteiger partial charge in [0.15, 0.2) is 15.6 Å². The van der Waals surface area contributed by atoms with E-state index in [1.807, 2.05) is 39.8 Å². The number of rotatable bonds is 7. The summed E-state index contributed by atoms with van der Waals surface area (Å²) in [6, 6.07) is 10.5. The van der Waals surface area contributed by atoms with Gasteiger partial charge in [0, 0.05) is 23.6 Å². The molecule has 168 valence electrons. The van der Waals surface area contributed by atoms with Gasteiger partial charge < -0.3 is 5.32 Å². The van der Waals surface area contributed by atoms with Crippen LogP contribution in [0.4, 0.5) is 0 Å². The van der Waals surface area contributed by atoms with Crippen LogP contribution in [0, 0.1) is 13.8 Å². The van der Waals surface area contributed by atoms with E-state index in [1.54, 1.807) is 45.0 Å². The molecule has 0 bridgehead atoms. The maximum absolute atomic E-state index is 12.9. The summed E-state index contributed by atoms with van der Waals surface area (Å²) < 4.78 is 24.0. The second kappa shape index (κ2) is 9.35. The predicted octanol–water partition coefficient (Wildman–Crippen LogP) is 4.58. The Bertz CT molecular complexity index is 1080. The first kappa shape index (κ1) is 24.8. The van der Waals surface area contributed by atoms with Crippen LogP contribution in [0.25, 0.3) is 0 Å². The van der Waals surface area contributed by atoms with Crippen molar-refractivity contribution in [3.63, 3.8) is 0 Å². The normalized spacial score (nSPS) is 12.1. The van der Waals surface area contributed by atoms with Crippen LogP contribution < -0.4 is 5.32 Å². The molecule has 0 aliphatic heterocycles. The van der Waals surface area contributed by atoms with E-state index in [9.17, 15) is 18.0 Å². The van der Waals surface area contributed by atoms with Gasteiger partial charge >= 0.3 is 0 Å². The predicted molar refractivity (Wildman–Crippen MR) is 125 cm³/mol. The van der Waals surface area contributed by atoms with Crippen molar-refractivity contribution in [2.24, 2.45) is 0 Å². The first-order valence-electron chi connectivity index (χ1n) is 10.5. The summed E-state index contributed by atoms with van der Waals surface area (Å²) in [4.78, 5) is 25.4. The molecule has 0 heterocycles. The number of Topliss-reactive ketones (excluding diaryl/α,β-unsaturated/α-hetero) is 1. The summed E-state index contributed by atoms with van der Waals surface area (Å²) in [6.07, 6.45) is 0.176. The summed E-state index contributed by atoms with van der Waals surface area (Å²) in [5, 5.41) is 2.90.